The maximum Gasteiger partial charge on any atom is 0.258 e. The highest BCUT2D eigenvalue weighted by atomic mass is 127. The molecule has 3 nitrogen and oxygen atoms in total. The minimum Gasteiger partial charge on any atom is -0.484 e. The van der Waals surface area contributed by atoms with E-state index in [1.54, 1.807) is 0 Å². The maximum atomic E-state index is 12.1. The van der Waals surface area contributed by atoms with Crippen molar-refractivity contribution in [2.45, 2.75) is 25.3 Å². The Morgan fingerprint density at radius 3 is 2.95 bits per heavy atom. The fourth-order valence-electron chi connectivity index (χ4n) is 2.85. The highest BCUT2D eigenvalue weighted by Gasteiger charge is 2.21. The van der Waals surface area contributed by atoms with Gasteiger partial charge in [-0.25, -0.2) is 0 Å². The molecule has 4 heteroatoms. The van der Waals surface area contributed by atoms with E-state index in [1.165, 1.54) is 11.1 Å². The molecule has 0 saturated carbocycles. The van der Waals surface area contributed by atoms with Gasteiger partial charge in [0.15, 0.2) is 6.61 Å². The van der Waals surface area contributed by atoms with Gasteiger partial charge in [-0.3, -0.25) is 4.79 Å². The molecule has 1 atom stereocenters. The molecule has 1 amide bonds. The fourth-order valence-corrected chi connectivity index (χ4v) is 3.36. The van der Waals surface area contributed by atoms with Gasteiger partial charge in [0.05, 0.1) is 6.04 Å². The third-order valence-corrected chi connectivity index (χ3v) is 4.54. The van der Waals surface area contributed by atoms with Gasteiger partial charge in [0.2, 0.25) is 0 Å². The number of benzene rings is 2. The van der Waals surface area contributed by atoms with Crippen LogP contribution in [0.2, 0.25) is 0 Å². The molecule has 0 saturated heterocycles. The number of carbonyl (C=O) groups is 1. The first-order valence-electron chi connectivity index (χ1n) is 7.48. The second kappa shape index (κ2) is 7.13. The summed E-state index contributed by atoms with van der Waals surface area (Å²) < 4.78 is 6.66. The van der Waals surface area contributed by atoms with Crippen LogP contribution in [0.4, 0.5) is 0 Å². The molecule has 0 aliphatic heterocycles. The van der Waals surface area contributed by atoms with E-state index in [0.29, 0.717) is 0 Å². The Morgan fingerprint density at radius 2 is 2.09 bits per heavy atom. The van der Waals surface area contributed by atoms with Gasteiger partial charge in [0.25, 0.3) is 5.91 Å². The molecule has 0 radical (unpaired) electrons. The van der Waals surface area contributed by atoms with Crippen LogP contribution >= 0.6 is 22.6 Å². The molecule has 1 aliphatic rings. The van der Waals surface area contributed by atoms with Crippen molar-refractivity contribution < 1.29 is 9.53 Å². The summed E-state index contributed by atoms with van der Waals surface area (Å²) in [4.78, 5) is 12.1. The number of rotatable bonds is 4. The third kappa shape index (κ3) is 3.80. The van der Waals surface area contributed by atoms with Gasteiger partial charge in [-0.1, -0.05) is 30.3 Å². The minimum absolute atomic E-state index is 0.0543. The zero-order valence-corrected chi connectivity index (χ0v) is 14.4. The zero-order chi connectivity index (χ0) is 15.4. The molecule has 3 rings (SSSR count). The van der Waals surface area contributed by atoms with Crippen molar-refractivity contribution in [2.24, 2.45) is 0 Å². The normalized spacial score (nSPS) is 16.7. The molecule has 1 aliphatic carbocycles. The summed E-state index contributed by atoms with van der Waals surface area (Å²) in [5.74, 6) is 0.659. The average molecular weight is 407 g/mol. The molecule has 22 heavy (non-hydrogen) atoms. The lowest BCUT2D eigenvalue weighted by atomic mass is 9.88. The van der Waals surface area contributed by atoms with Crippen molar-refractivity contribution >= 4 is 28.5 Å². The van der Waals surface area contributed by atoms with Crippen LogP contribution in [-0.4, -0.2) is 12.5 Å². The Kier molecular flexibility index (Phi) is 4.97. The van der Waals surface area contributed by atoms with Gasteiger partial charge in [-0.05, 0) is 71.2 Å². The molecule has 0 bridgehead atoms. The van der Waals surface area contributed by atoms with E-state index < -0.39 is 0 Å². The topological polar surface area (TPSA) is 38.3 Å². The van der Waals surface area contributed by atoms with E-state index in [4.69, 9.17) is 4.74 Å². The van der Waals surface area contributed by atoms with Crippen LogP contribution in [0, 0.1) is 3.57 Å². The largest absolute Gasteiger partial charge is 0.484 e. The number of fused-ring (bicyclic) bond motifs is 1. The van der Waals surface area contributed by atoms with Crippen molar-refractivity contribution in [1.82, 2.24) is 5.32 Å². The second-order valence-corrected chi connectivity index (χ2v) is 6.70. The summed E-state index contributed by atoms with van der Waals surface area (Å²) in [6.45, 7) is 0.0543. The molecule has 0 fully saturated rings. The summed E-state index contributed by atoms with van der Waals surface area (Å²) in [7, 11) is 0. The van der Waals surface area contributed by atoms with Crippen LogP contribution in [0.1, 0.15) is 30.0 Å². The summed E-state index contributed by atoms with van der Waals surface area (Å²) in [5, 5.41) is 3.09. The number of carbonyl (C=O) groups excluding carboxylic acids is 1. The van der Waals surface area contributed by atoms with Crippen molar-refractivity contribution in [3.63, 3.8) is 0 Å². The highest BCUT2D eigenvalue weighted by Crippen LogP contribution is 2.29. The quantitative estimate of drug-likeness (QED) is 0.782. The first kappa shape index (κ1) is 15.3. The van der Waals surface area contributed by atoms with Crippen LogP contribution in [0.5, 0.6) is 5.75 Å². The molecule has 2 aromatic rings. The lowest BCUT2D eigenvalue weighted by molar-refractivity contribution is -0.123. The summed E-state index contributed by atoms with van der Waals surface area (Å²) in [6, 6.07) is 16.2. The standard InChI is InChI=1S/C18H18INO2/c19-14-7-4-8-15(11-14)22-12-18(21)20-17-10-3-6-13-5-1-2-9-16(13)17/h1-2,4-5,7-9,11,17H,3,6,10,12H2,(H,20,21)/t17-/m1/s1. The van der Waals surface area contributed by atoms with E-state index in [2.05, 4.69) is 46.1 Å². The van der Waals surface area contributed by atoms with E-state index in [-0.39, 0.29) is 18.6 Å². The lowest BCUT2D eigenvalue weighted by Crippen LogP contribution is -2.34. The highest BCUT2D eigenvalue weighted by molar-refractivity contribution is 14.1. The van der Waals surface area contributed by atoms with E-state index in [1.807, 2.05) is 30.3 Å². The SMILES string of the molecule is O=C(COc1cccc(I)c1)N[C@@H]1CCCc2ccccc21. The molecular formula is C18H18INO2. The molecule has 0 aromatic heterocycles. The Hall–Kier alpha value is -1.56. The number of hydrogen-bond acceptors (Lipinski definition) is 2. The van der Waals surface area contributed by atoms with Crippen LogP contribution in [0.25, 0.3) is 0 Å². The number of ether oxygens (including phenoxy) is 1. The fraction of sp³-hybridized carbons (Fsp3) is 0.278. The van der Waals surface area contributed by atoms with Gasteiger partial charge >= 0.3 is 0 Å². The first-order chi connectivity index (χ1) is 10.7. The van der Waals surface area contributed by atoms with Crippen LogP contribution in [0.3, 0.4) is 0 Å². The van der Waals surface area contributed by atoms with Gasteiger partial charge in [0, 0.05) is 3.57 Å². The second-order valence-electron chi connectivity index (χ2n) is 5.46. The predicted octanol–water partition coefficient (Wildman–Crippen LogP) is 3.86. The number of nitrogens with one attached hydrogen (secondary N) is 1. The smallest absolute Gasteiger partial charge is 0.258 e. The average Bonchev–Trinajstić information content (AvgIpc) is 2.53. The zero-order valence-electron chi connectivity index (χ0n) is 12.2. The van der Waals surface area contributed by atoms with Crippen molar-refractivity contribution in [1.29, 1.82) is 0 Å². The van der Waals surface area contributed by atoms with Crippen LogP contribution < -0.4 is 10.1 Å². The van der Waals surface area contributed by atoms with E-state index in [0.717, 1.165) is 28.6 Å². The Balaban J connectivity index is 1.59. The first-order valence-corrected chi connectivity index (χ1v) is 8.56. The van der Waals surface area contributed by atoms with Crippen molar-refractivity contribution in [3.05, 3.63) is 63.2 Å². The Labute approximate surface area is 144 Å². The minimum atomic E-state index is -0.0689. The van der Waals surface area contributed by atoms with Gasteiger partial charge in [0.1, 0.15) is 5.75 Å². The third-order valence-electron chi connectivity index (χ3n) is 3.87. The molecule has 0 spiro atoms. The molecular weight excluding hydrogens is 389 g/mol. The Morgan fingerprint density at radius 1 is 1.23 bits per heavy atom. The lowest BCUT2D eigenvalue weighted by Gasteiger charge is -2.26. The van der Waals surface area contributed by atoms with E-state index in [9.17, 15) is 4.79 Å². The molecule has 114 valence electrons. The number of hydrogen-bond donors (Lipinski definition) is 1. The predicted molar refractivity (Wildman–Crippen MR) is 94.9 cm³/mol. The summed E-state index contributed by atoms with van der Waals surface area (Å²) >= 11 is 2.23. The monoisotopic (exact) mass is 407 g/mol. The number of halogens is 1. The van der Waals surface area contributed by atoms with Crippen molar-refractivity contribution in [2.75, 3.05) is 6.61 Å². The molecule has 0 unspecified atom stereocenters. The van der Waals surface area contributed by atoms with Gasteiger partial charge < -0.3 is 10.1 Å². The van der Waals surface area contributed by atoms with E-state index >= 15 is 0 Å². The number of aryl methyl sites for hydroxylation is 1. The summed E-state index contributed by atoms with van der Waals surface area (Å²) in [6.07, 6.45) is 3.20. The summed E-state index contributed by atoms with van der Waals surface area (Å²) in [5.41, 5.74) is 2.59. The van der Waals surface area contributed by atoms with Gasteiger partial charge in [-0.15, -0.1) is 0 Å². The van der Waals surface area contributed by atoms with Gasteiger partial charge in [-0.2, -0.15) is 0 Å². The maximum absolute atomic E-state index is 12.1. The number of amides is 1. The molecule has 0 heterocycles. The van der Waals surface area contributed by atoms with Crippen LogP contribution in [0.15, 0.2) is 48.5 Å². The Bertz CT molecular complexity index is 672. The van der Waals surface area contributed by atoms with Crippen LogP contribution in [-0.2, 0) is 11.2 Å². The van der Waals surface area contributed by atoms with Crippen molar-refractivity contribution in [3.8, 4) is 5.75 Å². The molecule has 2 aromatic carbocycles. The molecule has 1 N–H and O–H groups in total.